The molecule has 1 aromatic carbocycles. The third-order valence-corrected chi connectivity index (χ3v) is 2.68. The van der Waals surface area contributed by atoms with Gasteiger partial charge in [-0.05, 0) is 12.0 Å². The first kappa shape index (κ1) is 11.1. The minimum absolute atomic E-state index is 0.802. The molecule has 0 radical (unpaired) electrons. The molecule has 0 amide bonds. The molecule has 2 rings (SSSR count). The third-order valence-electron chi connectivity index (χ3n) is 2.22. The van der Waals surface area contributed by atoms with Crippen LogP contribution in [-0.4, -0.2) is 10.5 Å². The molecule has 0 spiro atoms. The summed E-state index contributed by atoms with van der Waals surface area (Å²) in [5.74, 6) is 0.802. The average molecular weight is 278 g/mol. The van der Waals surface area contributed by atoms with Gasteiger partial charge >= 0.3 is 0 Å². The van der Waals surface area contributed by atoms with Crippen molar-refractivity contribution in [2.75, 3.05) is 5.33 Å². The number of allylic oxidation sites excluding steroid dienone is 1. The molecule has 2 aromatic rings. The lowest BCUT2D eigenvalue weighted by Crippen LogP contribution is -1.76. The van der Waals surface area contributed by atoms with Gasteiger partial charge in [-0.1, -0.05) is 57.5 Å². The molecular weight excluding hydrogens is 266 g/mol. The maximum absolute atomic E-state index is 5.08. The Balaban J connectivity index is 2.11. The van der Waals surface area contributed by atoms with E-state index in [2.05, 4.69) is 45.4 Å². The van der Waals surface area contributed by atoms with Crippen LogP contribution in [0.25, 0.3) is 17.4 Å². The van der Waals surface area contributed by atoms with Crippen molar-refractivity contribution >= 4 is 22.0 Å². The lowest BCUT2D eigenvalue weighted by molar-refractivity contribution is 0.432. The maximum Gasteiger partial charge on any atom is 0.166 e. The number of halogens is 1. The molecule has 0 aliphatic rings. The largest absolute Gasteiger partial charge is 0.356 e. The fourth-order valence-corrected chi connectivity index (χ4v) is 1.67. The first-order chi connectivity index (χ1) is 7.90. The zero-order chi connectivity index (χ0) is 11.2. The minimum Gasteiger partial charge on any atom is -0.356 e. The summed E-state index contributed by atoms with van der Waals surface area (Å²) < 4.78 is 5.08. The summed E-state index contributed by atoms with van der Waals surface area (Å²) in [6, 6.07) is 10.1. The number of alkyl halides is 1. The molecule has 0 fully saturated rings. The molecule has 0 saturated carbocycles. The number of aromatic nitrogens is 1. The zero-order valence-electron chi connectivity index (χ0n) is 8.77. The molecule has 2 nitrogen and oxygen atoms in total. The Bertz CT molecular complexity index is 445. The normalized spacial score (nSPS) is 11.1. The van der Waals surface area contributed by atoms with Gasteiger partial charge < -0.3 is 4.52 Å². The van der Waals surface area contributed by atoms with Gasteiger partial charge in [0.05, 0.1) is 6.20 Å². The predicted molar refractivity (Wildman–Crippen MR) is 69.4 cm³/mol. The fraction of sp³-hybridized carbons (Fsp3) is 0.154. The summed E-state index contributed by atoms with van der Waals surface area (Å²) in [5.41, 5.74) is 2.25. The second-order valence-corrected chi connectivity index (χ2v) is 4.17. The molecule has 1 aromatic heterocycles. The van der Waals surface area contributed by atoms with Gasteiger partial charge in [-0.15, -0.1) is 0 Å². The summed E-state index contributed by atoms with van der Waals surface area (Å²) in [6.45, 7) is 0. The van der Waals surface area contributed by atoms with Gasteiger partial charge in [0, 0.05) is 17.0 Å². The Morgan fingerprint density at radius 2 is 2.00 bits per heavy atom. The second-order valence-electron chi connectivity index (χ2n) is 3.38. The smallest absolute Gasteiger partial charge is 0.166 e. The van der Waals surface area contributed by atoms with E-state index in [-0.39, 0.29) is 0 Å². The summed E-state index contributed by atoms with van der Waals surface area (Å²) in [6.07, 6.45) is 6.96. The van der Waals surface area contributed by atoms with Gasteiger partial charge in [0.15, 0.2) is 5.76 Å². The molecular formula is C13H12BrNO. The quantitative estimate of drug-likeness (QED) is 0.785. The van der Waals surface area contributed by atoms with Crippen LogP contribution in [0.1, 0.15) is 12.0 Å². The summed E-state index contributed by atoms with van der Waals surface area (Å²) in [7, 11) is 0. The van der Waals surface area contributed by atoms with Gasteiger partial charge in [-0.3, -0.25) is 0 Å². The highest BCUT2D eigenvalue weighted by Crippen LogP contribution is 2.19. The zero-order valence-corrected chi connectivity index (χ0v) is 10.4. The van der Waals surface area contributed by atoms with Crippen LogP contribution in [0.4, 0.5) is 0 Å². The molecule has 3 heteroatoms. The summed E-state index contributed by atoms with van der Waals surface area (Å²) in [4.78, 5) is 0. The van der Waals surface area contributed by atoms with Crippen molar-refractivity contribution in [3.05, 3.63) is 48.2 Å². The molecule has 16 heavy (non-hydrogen) atoms. The van der Waals surface area contributed by atoms with E-state index in [4.69, 9.17) is 4.52 Å². The molecule has 0 atom stereocenters. The summed E-state index contributed by atoms with van der Waals surface area (Å²) in [5, 5.41) is 4.69. The Hall–Kier alpha value is -1.35. The van der Waals surface area contributed by atoms with Crippen molar-refractivity contribution in [1.29, 1.82) is 0 Å². The van der Waals surface area contributed by atoms with Gasteiger partial charge in [0.1, 0.15) is 0 Å². The Morgan fingerprint density at radius 1 is 1.19 bits per heavy atom. The van der Waals surface area contributed by atoms with Crippen molar-refractivity contribution in [1.82, 2.24) is 5.16 Å². The SMILES string of the molecule is BrCCC=Cc1ccc(-c2ccno2)cc1. The van der Waals surface area contributed by atoms with Crippen molar-refractivity contribution in [2.24, 2.45) is 0 Å². The van der Waals surface area contributed by atoms with E-state index in [0.717, 1.165) is 23.1 Å². The van der Waals surface area contributed by atoms with E-state index in [0.29, 0.717) is 0 Å². The summed E-state index contributed by atoms with van der Waals surface area (Å²) >= 11 is 3.39. The van der Waals surface area contributed by atoms with Crippen LogP contribution in [0.5, 0.6) is 0 Å². The first-order valence-corrected chi connectivity index (χ1v) is 6.26. The first-order valence-electron chi connectivity index (χ1n) is 5.14. The fourth-order valence-electron chi connectivity index (χ4n) is 1.41. The van der Waals surface area contributed by atoms with E-state index in [1.54, 1.807) is 6.20 Å². The lowest BCUT2D eigenvalue weighted by atomic mass is 10.1. The number of benzene rings is 1. The highest BCUT2D eigenvalue weighted by Gasteiger charge is 1.99. The van der Waals surface area contributed by atoms with Crippen LogP contribution in [0.15, 0.2) is 47.1 Å². The van der Waals surface area contributed by atoms with E-state index in [1.165, 1.54) is 5.56 Å². The lowest BCUT2D eigenvalue weighted by Gasteiger charge is -1.96. The molecule has 0 bridgehead atoms. The van der Waals surface area contributed by atoms with Crippen LogP contribution in [-0.2, 0) is 0 Å². The number of hydrogen-bond acceptors (Lipinski definition) is 2. The number of rotatable bonds is 4. The molecule has 0 aliphatic carbocycles. The number of nitrogens with zero attached hydrogens (tertiary/aromatic N) is 1. The van der Waals surface area contributed by atoms with Gasteiger partial charge in [-0.25, -0.2) is 0 Å². The van der Waals surface area contributed by atoms with Crippen molar-refractivity contribution < 1.29 is 4.52 Å². The Kier molecular flexibility index (Phi) is 3.94. The third kappa shape index (κ3) is 2.83. The topological polar surface area (TPSA) is 26.0 Å². The molecule has 0 saturated heterocycles. The van der Waals surface area contributed by atoms with Gasteiger partial charge in [-0.2, -0.15) is 0 Å². The van der Waals surface area contributed by atoms with E-state index in [9.17, 15) is 0 Å². The highest BCUT2D eigenvalue weighted by atomic mass is 79.9. The minimum atomic E-state index is 0.802. The molecule has 0 aliphatic heterocycles. The Labute approximate surface area is 103 Å². The maximum atomic E-state index is 5.08. The van der Waals surface area contributed by atoms with E-state index >= 15 is 0 Å². The van der Waals surface area contributed by atoms with Crippen molar-refractivity contribution in [3.8, 4) is 11.3 Å². The second kappa shape index (κ2) is 5.66. The van der Waals surface area contributed by atoms with Crippen LogP contribution >= 0.6 is 15.9 Å². The molecule has 82 valence electrons. The molecule has 0 unspecified atom stereocenters. The number of hydrogen-bond donors (Lipinski definition) is 0. The van der Waals surface area contributed by atoms with Crippen LogP contribution in [0, 0.1) is 0 Å². The monoisotopic (exact) mass is 277 g/mol. The predicted octanol–water partition coefficient (Wildman–Crippen LogP) is 4.14. The van der Waals surface area contributed by atoms with Crippen molar-refractivity contribution in [2.45, 2.75) is 6.42 Å². The van der Waals surface area contributed by atoms with Crippen LogP contribution < -0.4 is 0 Å². The average Bonchev–Trinajstić information content (AvgIpc) is 2.84. The molecule has 1 heterocycles. The van der Waals surface area contributed by atoms with Gasteiger partial charge in [0.25, 0.3) is 0 Å². The Morgan fingerprint density at radius 3 is 2.62 bits per heavy atom. The van der Waals surface area contributed by atoms with Crippen LogP contribution in [0.2, 0.25) is 0 Å². The standard InChI is InChI=1S/C13H12BrNO/c14-9-2-1-3-11-4-6-12(7-5-11)13-8-10-15-16-13/h1,3-8,10H,2,9H2. The highest BCUT2D eigenvalue weighted by molar-refractivity contribution is 9.09. The van der Waals surface area contributed by atoms with Crippen molar-refractivity contribution in [3.63, 3.8) is 0 Å². The molecule has 0 N–H and O–H groups in total. The van der Waals surface area contributed by atoms with Gasteiger partial charge in [0.2, 0.25) is 0 Å². The van der Waals surface area contributed by atoms with E-state index < -0.39 is 0 Å². The van der Waals surface area contributed by atoms with Crippen LogP contribution in [0.3, 0.4) is 0 Å². The van der Waals surface area contributed by atoms with E-state index in [1.807, 2.05) is 18.2 Å².